The molecule has 0 radical (unpaired) electrons. The van der Waals surface area contributed by atoms with E-state index in [0.717, 1.165) is 22.8 Å². The van der Waals surface area contributed by atoms with Crippen molar-refractivity contribution < 1.29 is 14.0 Å². The molecule has 1 aliphatic carbocycles. The van der Waals surface area contributed by atoms with Gasteiger partial charge in [0.2, 0.25) is 5.88 Å². The molecule has 0 aromatic carbocycles. The summed E-state index contributed by atoms with van der Waals surface area (Å²) in [5, 5.41) is 0. The summed E-state index contributed by atoms with van der Waals surface area (Å²) < 4.78 is 18.9. The summed E-state index contributed by atoms with van der Waals surface area (Å²) in [4.78, 5) is 4.45. The molecular weight excluding hydrogens is 345 g/mol. The molecule has 0 atom stereocenters. The molecular formula is C16H23BBrNO3. The third-order valence-electron chi connectivity index (χ3n) is 4.93. The molecule has 120 valence electrons. The minimum atomic E-state index is -0.394. The van der Waals surface area contributed by atoms with E-state index < -0.39 is 7.12 Å². The van der Waals surface area contributed by atoms with Crippen molar-refractivity contribution in [3.8, 4) is 5.88 Å². The van der Waals surface area contributed by atoms with Gasteiger partial charge in [-0.15, -0.1) is 0 Å². The van der Waals surface area contributed by atoms with Crippen LogP contribution in [0.3, 0.4) is 0 Å². The predicted octanol–water partition coefficient (Wildman–Crippen LogP) is 3.46. The highest BCUT2D eigenvalue weighted by Gasteiger charge is 2.51. The number of halogens is 1. The lowest BCUT2D eigenvalue weighted by Gasteiger charge is -2.32. The Labute approximate surface area is 141 Å². The lowest BCUT2D eigenvalue weighted by atomic mass is 9.80. The van der Waals surface area contributed by atoms with Crippen LogP contribution in [0.2, 0.25) is 0 Å². The van der Waals surface area contributed by atoms with E-state index in [0.29, 0.717) is 12.0 Å². The zero-order valence-corrected chi connectivity index (χ0v) is 15.3. The van der Waals surface area contributed by atoms with Crippen LogP contribution in [0.15, 0.2) is 16.7 Å². The molecule has 2 heterocycles. The molecule has 2 fully saturated rings. The van der Waals surface area contributed by atoms with Gasteiger partial charge in [-0.2, -0.15) is 0 Å². The first-order valence-corrected chi connectivity index (χ1v) is 8.75. The van der Waals surface area contributed by atoms with Gasteiger partial charge >= 0.3 is 7.12 Å². The molecule has 1 aliphatic heterocycles. The molecule has 4 nitrogen and oxygen atoms in total. The van der Waals surface area contributed by atoms with E-state index in [9.17, 15) is 0 Å². The van der Waals surface area contributed by atoms with E-state index in [1.54, 1.807) is 6.20 Å². The van der Waals surface area contributed by atoms with E-state index in [4.69, 9.17) is 14.0 Å². The number of rotatable bonds is 3. The van der Waals surface area contributed by atoms with Crippen molar-refractivity contribution in [1.29, 1.82) is 0 Å². The molecule has 6 heteroatoms. The normalized spacial score (nSPS) is 24.0. The Kier molecular flexibility index (Phi) is 4.29. The van der Waals surface area contributed by atoms with Crippen LogP contribution in [0.1, 0.15) is 53.4 Å². The maximum absolute atomic E-state index is 6.05. The maximum atomic E-state index is 6.05. The summed E-state index contributed by atoms with van der Waals surface area (Å²) in [7, 11) is -0.394. The second-order valence-electron chi connectivity index (χ2n) is 7.17. The van der Waals surface area contributed by atoms with Gasteiger partial charge in [-0.3, -0.25) is 0 Å². The van der Waals surface area contributed by atoms with Crippen LogP contribution in [0.4, 0.5) is 0 Å². The van der Waals surface area contributed by atoms with Crippen LogP contribution in [0.5, 0.6) is 5.88 Å². The van der Waals surface area contributed by atoms with E-state index >= 15 is 0 Å². The average Bonchev–Trinajstić information content (AvgIpc) is 2.99. The van der Waals surface area contributed by atoms with Gasteiger partial charge in [-0.05, 0) is 75.4 Å². The molecule has 1 saturated heterocycles. The number of aromatic nitrogens is 1. The highest BCUT2D eigenvalue weighted by molar-refractivity contribution is 9.10. The first-order chi connectivity index (χ1) is 10.3. The molecule has 22 heavy (non-hydrogen) atoms. The molecule has 1 aromatic rings. The molecule has 1 aromatic heterocycles. The van der Waals surface area contributed by atoms with Crippen molar-refractivity contribution in [2.45, 2.75) is 70.7 Å². The number of nitrogens with zero attached hydrogens (tertiary/aromatic N) is 1. The summed E-state index contributed by atoms with van der Waals surface area (Å²) in [6.45, 7) is 8.19. The number of pyridine rings is 1. The first kappa shape index (κ1) is 16.3. The Balaban J connectivity index is 1.75. The number of ether oxygens (including phenoxy) is 1. The van der Waals surface area contributed by atoms with Gasteiger partial charge in [0.25, 0.3) is 0 Å². The van der Waals surface area contributed by atoms with E-state index in [1.165, 1.54) is 12.8 Å². The van der Waals surface area contributed by atoms with Crippen LogP contribution in [-0.4, -0.2) is 29.4 Å². The predicted molar refractivity (Wildman–Crippen MR) is 90.5 cm³/mol. The highest BCUT2D eigenvalue weighted by Crippen LogP contribution is 2.37. The molecule has 3 rings (SSSR count). The maximum Gasteiger partial charge on any atom is 0.496 e. The summed E-state index contributed by atoms with van der Waals surface area (Å²) in [5.74, 6) is 0.659. The second kappa shape index (κ2) is 5.80. The van der Waals surface area contributed by atoms with E-state index in [2.05, 4.69) is 20.9 Å². The standard InChI is InChI=1S/C16H23BBrNO3/c1-15(2)16(3,4)22-17(21-15)11-9-13(18)14(19-10-11)20-12-7-5-6-8-12/h9-10,12H,5-8H2,1-4H3. The fourth-order valence-corrected chi connectivity index (χ4v) is 3.26. The van der Waals surface area contributed by atoms with Crippen LogP contribution < -0.4 is 10.2 Å². The smallest absolute Gasteiger partial charge is 0.474 e. The summed E-state index contributed by atoms with van der Waals surface area (Å²) in [5.41, 5.74) is 0.219. The summed E-state index contributed by atoms with van der Waals surface area (Å²) >= 11 is 3.56. The van der Waals surface area contributed by atoms with Crippen molar-refractivity contribution in [3.05, 3.63) is 16.7 Å². The number of hydrogen-bond acceptors (Lipinski definition) is 4. The number of hydrogen-bond donors (Lipinski definition) is 0. The Morgan fingerprint density at radius 3 is 2.32 bits per heavy atom. The zero-order valence-electron chi connectivity index (χ0n) is 13.7. The van der Waals surface area contributed by atoms with Crippen molar-refractivity contribution >= 4 is 28.5 Å². The third-order valence-corrected chi connectivity index (χ3v) is 5.50. The molecule has 0 bridgehead atoms. The van der Waals surface area contributed by atoms with Gasteiger partial charge in [0.1, 0.15) is 6.10 Å². The second-order valence-corrected chi connectivity index (χ2v) is 8.02. The van der Waals surface area contributed by atoms with Gasteiger partial charge in [0.15, 0.2) is 0 Å². The molecule has 2 aliphatic rings. The molecule has 0 N–H and O–H groups in total. The van der Waals surface area contributed by atoms with Gasteiger partial charge in [0, 0.05) is 11.7 Å². The Hall–Kier alpha value is -0.585. The van der Waals surface area contributed by atoms with Crippen LogP contribution in [0, 0.1) is 0 Å². The minimum absolute atomic E-state index is 0.298. The first-order valence-electron chi connectivity index (χ1n) is 7.96. The van der Waals surface area contributed by atoms with Crippen molar-refractivity contribution in [3.63, 3.8) is 0 Å². The lowest BCUT2D eigenvalue weighted by molar-refractivity contribution is 0.00578. The molecule has 0 amide bonds. The topological polar surface area (TPSA) is 40.6 Å². The Bertz CT molecular complexity index is 542. The SMILES string of the molecule is CC1(C)OB(c2cnc(OC3CCCC3)c(Br)c2)OC1(C)C. The largest absolute Gasteiger partial charge is 0.496 e. The van der Waals surface area contributed by atoms with Gasteiger partial charge in [0.05, 0.1) is 15.7 Å². The summed E-state index contributed by atoms with van der Waals surface area (Å²) in [6, 6.07) is 1.99. The van der Waals surface area contributed by atoms with Crippen LogP contribution in [-0.2, 0) is 9.31 Å². The fourth-order valence-electron chi connectivity index (χ4n) is 2.80. The van der Waals surface area contributed by atoms with E-state index in [-0.39, 0.29) is 11.2 Å². The Morgan fingerprint density at radius 1 is 1.18 bits per heavy atom. The van der Waals surface area contributed by atoms with E-state index in [1.807, 2.05) is 33.8 Å². The zero-order chi connectivity index (χ0) is 16.0. The van der Waals surface area contributed by atoms with Crippen LogP contribution >= 0.6 is 15.9 Å². The van der Waals surface area contributed by atoms with Gasteiger partial charge in [-0.25, -0.2) is 4.98 Å². The summed E-state index contributed by atoms with van der Waals surface area (Å²) in [6.07, 6.45) is 6.81. The van der Waals surface area contributed by atoms with Crippen molar-refractivity contribution in [2.75, 3.05) is 0 Å². The van der Waals surface area contributed by atoms with Crippen molar-refractivity contribution in [1.82, 2.24) is 4.98 Å². The minimum Gasteiger partial charge on any atom is -0.474 e. The molecule has 0 spiro atoms. The fraction of sp³-hybridized carbons (Fsp3) is 0.688. The van der Waals surface area contributed by atoms with Gasteiger partial charge in [-0.1, -0.05) is 0 Å². The highest BCUT2D eigenvalue weighted by atomic mass is 79.9. The Morgan fingerprint density at radius 2 is 1.77 bits per heavy atom. The quantitative estimate of drug-likeness (QED) is 0.767. The molecule has 1 saturated carbocycles. The average molecular weight is 368 g/mol. The molecule has 0 unspecified atom stereocenters. The van der Waals surface area contributed by atoms with Crippen molar-refractivity contribution in [2.24, 2.45) is 0 Å². The van der Waals surface area contributed by atoms with Gasteiger partial charge < -0.3 is 14.0 Å². The van der Waals surface area contributed by atoms with Crippen LogP contribution in [0.25, 0.3) is 0 Å². The monoisotopic (exact) mass is 367 g/mol. The third kappa shape index (κ3) is 3.06. The lowest BCUT2D eigenvalue weighted by Crippen LogP contribution is -2.41.